The Morgan fingerprint density at radius 2 is 0.571 bits per heavy atom. The quantitative estimate of drug-likeness (QED) is 0.381. The van der Waals surface area contributed by atoms with Gasteiger partial charge in [-0.05, 0) is 0 Å². The van der Waals surface area contributed by atoms with Gasteiger partial charge in [0, 0.05) is 0 Å². The summed E-state index contributed by atoms with van der Waals surface area (Å²) in [5, 5.41) is 0. The molecule has 0 rings (SSSR count). The van der Waals surface area contributed by atoms with Gasteiger partial charge in [0.1, 0.15) is 0 Å². The van der Waals surface area contributed by atoms with Gasteiger partial charge in [0.15, 0.2) is 0 Å². The van der Waals surface area contributed by atoms with Crippen molar-refractivity contribution in [2.75, 3.05) is 0 Å². The summed E-state index contributed by atoms with van der Waals surface area (Å²) in [6.45, 7) is 0. The van der Waals surface area contributed by atoms with Gasteiger partial charge in [-0.15, -0.1) is 0 Å². The van der Waals surface area contributed by atoms with E-state index >= 15 is 0 Å². The Balaban J connectivity index is 4.43. The minimum atomic E-state index is -2.88. The van der Waals surface area contributed by atoms with Crippen molar-refractivity contribution in [3.05, 3.63) is 0 Å². The molecule has 0 aromatic carbocycles. The van der Waals surface area contributed by atoms with E-state index in [9.17, 15) is 0 Å². The maximum atomic E-state index is 3.31. The number of hydrogen-bond donors (Lipinski definition) is 0. The third kappa shape index (κ3) is 44.5. The van der Waals surface area contributed by atoms with Crippen LogP contribution in [0.25, 0.3) is 0 Å². The Morgan fingerprint density at radius 3 is 0.571 bits per heavy atom. The summed E-state index contributed by atoms with van der Waals surface area (Å²) in [6.07, 6.45) is 0. The van der Waals surface area contributed by atoms with Gasteiger partial charge < -0.3 is 0 Å². The fraction of sp³-hybridized carbons (Fsp3) is 0. The monoisotopic (exact) mass is 529 g/mol. The van der Waals surface area contributed by atoms with Crippen LogP contribution in [-0.4, -0.2) is 0 Å². The van der Waals surface area contributed by atoms with E-state index in [1.165, 1.54) is 0 Å². The molecule has 0 aromatic heterocycles. The molecule has 0 saturated heterocycles. The van der Waals surface area contributed by atoms with Crippen LogP contribution < -0.4 is 0 Å². The van der Waals surface area contributed by atoms with Crippen molar-refractivity contribution in [3.63, 3.8) is 0 Å². The average Bonchev–Trinajstić information content (AvgIpc) is 0.592. The molecule has 0 amide bonds. The van der Waals surface area contributed by atoms with E-state index in [4.69, 9.17) is 0 Å². The number of hydrogen-bond acceptors (Lipinski definition) is 0. The molecule has 0 atom stereocenters. The van der Waals surface area contributed by atoms with Gasteiger partial charge in [0.2, 0.25) is 0 Å². The Hall–Kier alpha value is 3.40. The normalized spacial score (nSPS) is 23.1. The average molecular weight is 535 g/mol. The second-order valence-corrected chi connectivity index (χ2v) is 84.3. The SMILES string of the molecule is [Br][Fe]([Br])([Br])([Br])([Br])[Br]. The van der Waals surface area contributed by atoms with Crippen molar-refractivity contribution in [2.45, 2.75) is 0 Å². The topological polar surface area (TPSA) is 0 Å². The second-order valence-electron chi connectivity index (χ2n) is 0.758. The molecule has 0 nitrogen and oxygen atoms in total. The van der Waals surface area contributed by atoms with Crippen molar-refractivity contribution >= 4 is 84.7 Å². The van der Waals surface area contributed by atoms with Crippen LogP contribution in [0.4, 0.5) is 0 Å². The van der Waals surface area contributed by atoms with Crippen LogP contribution in [0.1, 0.15) is 0 Å². The van der Waals surface area contributed by atoms with E-state index in [0.717, 1.165) is 0 Å². The summed E-state index contributed by atoms with van der Waals surface area (Å²) >= 11 is 19.9. The van der Waals surface area contributed by atoms with Crippen LogP contribution >= 0.6 is 84.7 Å². The van der Waals surface area contributed by atoms with E-state index < -0.39 is -0.114 Å². The fourth-order valence-electron chi connectivity index (χ4n) is 0. The van der Waals surface area contributed by atoms with Gasteiger partial charge in [-0.25, -0.2) is 0 Å². The molecule has 0 unspecified atom stereocenters. The molecule has 7 heteroatoms. The molecular weight excluding hydrogens is 535 g/mol. The molecule has 7 heavy (non-hydrogen) atoms. The van der Waals surface area contributed by atoms with Gasteiger partial charge in [-0.1, -0.05) is 0 Å². The summed E-state index contributed by atoms with van der Waals surface area (Å²) in [5.74, 6) is 0. The van der Waals surface area contributed by atoms with Crippen LogP contribution in [0.3, 0.4) is 0 Å². The third-order valence-corrected chi connectivity index (χ3v) is 0. The first kappa shape index (κ1) is 10.4. The Labute approximate surface area is 82.6 Å². The predicted octanol–water partition coefficient (Wildman–Crippen LogP) is 5.07. The number of halogens is 6. The summed E-state index contributed by atoms with van der Waals surface area (Å²) in [5.41, 5.74) is 0. The van der Waals surface area contributed by atoms with E-state index in [2.05, 4.69) is 84.7 Å². The molecule has 50 valence electrons. The van der Waals surface area contributed by atoms with E-state index in [1.54, 1.807) is 0 Å². The molecule has 0 fully saturated rings. The first-order valence-electron chi connectivity index (χ1n) is 0.802. The molecule has 0 saturated carbocycles. The third-order valence-electron chi connectivity index (χ3n) is 0. The first-order valence-corrected chi connectivity index (χ1v) is 17.2. The molecule has 0 spiro atoms. The van der Waals surface area contributed by atoms with E-state index in [1.807, 2.05) is 0 Å². The molecular formula is Br6Fe. The van der Waals surface area contributed by atoms with Crippen LogP contribution in [-0.2, 0) is -0.114 Å². The summed E-state index contributed by atoms with van der Waals surface area (Å²) < 4.78 is -2.88. The van der Waals surface area contributed by atoms with E-state index in [-0.39, 0.29) is 0 Å². The maximum absolute atomic E-state index is 3.31. The van der Waals surface area contributed by atoms with Crippen LogP contribution in [0.5, 0.6) is 0 Å². The predicted molar refractivity (Wildman–Crippen MR) is 53.6 cm³/mol. The van der Waals surface area contributed by atoms with Crippen molar-refractivity contribution in [1.82, 2.24) is 0 Å². The summed E-state index contributed by atoms with van der Waals surface area (Å²) in [4.78, 5) is 0. The van der Waals surface area contributed by atoms with Gasteiger partial charge in [0.25, 0.3) is 0 Å². The Bertz CT molecular complexity index is 62.7. The Kier molecular flexibility index (Phi) is 2.91. The zero-order valence-corrected chi connectivity index (χ0v) is 13.2. The molecule has 0 N–H and O–H groups in total. The van der Waals surface area contributed by atoms with Crippen LogP contribution in [0.2, 0.25) is 0 Å². The second kappa shape index (κ2) is 1.96. The standard InChI is InChI=1S/6BrH.Fe/h6*1H;/q;;;;;;+6/p-6. The first-order chi connectivity index (χ1) is 2.45. The Morgan fingerprint density at radius 1 is 0.571 bits per heavy atom. The van der Waals surface area contributed by atoms with Crippen molar-refractivity contribution < 1.29 is -0.114 Å². The van der Waals surface area contributed by atoms with Gasteiger partial charge in [0.05, 0.1) is 0 Å². The molecule has 0 aliphatic carbocycles. The molecule has 0 heterocycles. The zero-order chi connectivity index (χ0) is 6.41. The summed E-state index contributed by atoms with van der Waals surface area (Å²) in [6, 6.07) is 0. The van der Waals surface area contributed by atoms with Crippen LogP contribution in [0.15, 0.2) is 0 Å². The molecule has 0 bridgehead atoms. The molecule has 0 aliphatic heterocycles. The molecule has 0 aromatic rings. The minimum absolute atomic E-state index is 2.88. The van der Waals surface area contributed by atoms with Gasteiger partial charge in [-0.3, -0.25) is 0 Å². The van der Waals surface area contributed by atoms with Crippen LogP contribution in [0, 0.1) is 0 Å². The van der Waals surface area contributed by atoms with Crippen molar-refractivity contribution in [1.29, 1.82) is 0 Å². The molecule has 0 aliphatic rings. The summed E-state index contributed by atoms with van der Waals surface area (Å²) in [7, 11) is 0. The van der Waals surface area contributed by atoms with Crippen molar-refractivity contribution in [3.8, 4) is 0 Å². The van der Waals surface area contributed by atoms with E-state index in [0.29, 0.717) is 0 Å². The zero-order valence-electron chi connectivity index (χ0n) is 2.62. The van der Waals surface area contributed by atoms with Gasteiger partial charge in [-0.2, -0.15) is 0 Å². The number of rotatable bonds is 0. The van der Waals surface area contributed by atoms with Crippen molar-refractivity contribution in [2.24, 2.45) is 0 Å². The molecule has 0 radical (unpaired) electrons. The fourth-order valence-corrected chi connectivity index (χ4v) is 0. The van der Waals surface area contributed by atoms with Gasteiger partial charge >= 0.3 is 84.5 Å².